The Balaban J connectivity index is 2.04. The van der Waals surface area contributed by atoms with E-state index >= 15 is 0 Å². The highest BCUT2D eigenvalue weighted by Crippen LogP contribution is 2.24. The van der Waals surface area contributed by atoms with E-state index in [1.807, 2.05) is 30.3 Å². The van der Waals surface area contributed by atoms with Crippen LogP contribution in [0.3, 0.4) is 0 Å². The summed E-state index contributed by atoms with van der Waals surface area (Å²) in [5, 5.41) is 0. The summed E-state index contributed by atoms with van der Waals surface area (Å²) < 4.78 is 30.3. The van der Waals surface area contributed by atoms with Gasteiger partial charge in [0.15, 0.2) is 0 Å². The van der Waals surface area contributed by atoms with Crippen LogP contribution in [0.5, 0.6) is 11.5 Å². The zero-order valence-corrected chi connectivity index (χ0v) is 14.4. The normalized spacial score (nSPS) is 11.1. The summed E-state index contributed by atoms with van der Waals surface area (Å²) >= 11 is 0. The predicted molar refractivity (Wildman–Crippen MR) is 93.8 cm³/mol. The number of sulfonamides is 1. The number of para-hydroxylation sites is 1. The first kappa shape index (κ1) is 18.0. The summed E-state index contributed by atoms with van der Waals surface area (Å²) in [5.74, 6) is 1.22. The molecule has 0 bridgehead atoms. The number of carbonyl (C=O) groups is 1. The molecule has 2 rings (SSSR count). The lowest BCUT2D eigenvalue weighted by molar-refractivity contribution is -0.116. The number of hydrogen-bond donors (Lipinski definition) is 1. The number of benzene rings is 2. The van der Waals surface area contributed by atoms with Gasteiger partial charge in [0.1, 0.15) is 11.5 Å². The van der Waals surface area contributed by atoms with Crippen molar-refractivity contribution in [1.29, 1.82) is 0 Å². The second kappa shape index (κ2) is 7.94. The third-order valence-corrected chi connectivity index (χ3v) is 3.94. The first-order valence-electron chi connectivity index (χ1n) is 7.41. The molecule has 0 fully saturated rings. The minimum atomic E-state index is -3.28. The zero-order valence-electron chi connectivity index (χ0n) is 13.6. The van der Waals surface area contributed by atoms with E-state index in [1.165, 1.54) is 11.8 Å². The van der Waals surface area contributed by atoms with Crippen LogP contribution in [-0.2, 0) is 14.8 Å². The molecule has 1 N–H and O–H groups in total. The number of nitrogens with one attached hydrogen (secondary N) is 1. The van der Waals surface area contributed by atoms with E-state index in [1.54, 1.807) is 24.3 Å². The van der Waals surface area contributed by atoms with Crippen molar-refractivity contribution in [2.24, 2.45) is 0 Å². The Hall–Kier alpha value is -2.38. The number of hydrogen-bond acceptors (Lipinski definition) is 4. The molecule has 0 heterocycles. The lowest BCUT2D eigenvalue weighted by atomic mass is 10.2. The van der Waals surface area contributed by atoms with E-state index in [4.69, 9.17) is 4.74 Å². The first-order chi connectivity index (χ1) is 11.3. The smallest absolute Gasteiger partial charge is 0.223 e. The maximum atomic E-state index is 11.8. The summed E-state index contributed by atoms with van der Waals surface area (Å²) in [4.78, 5) is 13.3. The van der Waals surface area contributed by atoms with E-state index < -0.39 is 10.0 Å². The minimum Gasteiger partial charge on any atom is -0.457 e. The molecule has 0 spiro atoms. The van der Waals surface area contributed by atoms with Gasteiger partial charge in [0.05, 0.1) is 6.26 Å². The molecule has 2 aromatic carbocycles. The molecular weight excluding hydrogens is 328 g/mol. The molecule has 0 aromatic heterocycles. The third-order valence-electron chi connectivity index (χ3n) is 3.21. The van der Waals surface area contributed by atoms with Crippen molar-refractivity contribution in [2.45, 2.75) is 6.92 Å². The van der Waals surface area contributed by atoms with Crippen LogP contribution in [0.2, 0.25) is 0 Å². The Morgan fingerprint density at radius 3 is 2.17 bits per heavy atom. The second-order valence-electron chi connectivity index (χ2n) is 5.25. The van der Waals surface area contributed by atoms with E-state index in [0.29, 0.717) is 11.4 Å². The summed E-state index contributed by atoms with van der Waals surface area (Å²) in [6.45, 7) is 1.84. The van der Waals surface area contributed by atoms with Crippen LogP contribution in [0.25, 0.3) is 0 Å². The monoisotopic (exact) mass is 348 g/mol. The molecular formula is C17H20N2O4S. The van der Waals surface area contributed by atoms with Gasteiger partial charge in [0, 0.05) is 25.7 Å². The summed E-state index contributed by atoms with van der Waals surface area (Å²) in [6.07, 6.45) is 1.08. The fourth-order valence-electron chi connectivity index (χ4n) is 2.13. The number of rotatable bonds is 7. The van der Waals surface area contributed by atoms with E-state index in [0.717, 1.165) is 12.0 Å². The molecule has 128 valence electrons. The molecule has 0 saturated heterocycles. The molecule has 0 aliphatic rings. The van der Waals surface area contributed by atoms with Crippen molar-refractivity contribution in [3.63, 3.8) is 0 Å². The van der Waals surface area contributed by atoms with Gasteiger partial charge in [-0.05, 0) is 36.4 Å². The van der Waals surface area contributed by atoms with Crippen LogP contribution >= 0.6 is 0 Å². The number of carbonyl (C=O) groups excluding carboxylic acids is 1. The van der Waals surface area contributed by atoms with E-state index in [9.17, 15) is 13.2 Å². The molecule has 1 amide bonds. The van der Waals surface area contributed by atoms with Crippen molar-refractivity contribution in [3.05, 3.63) is 54.6 Å². The SMILES string of the molecule is CC(=O)N(CCNS(C)(=O)=O)c1ccc(Oc2ccccc2)cc1. The van der Waals surface area contributed by atoms with Crippen molar-refractivity contribution < 1.29 is 17.9 Å². The third kappa shape index (κ3) is 5.68. The molecule has 0 saturated carbocycles. The van der Waals surface area contributed by atoms with E-state index in [2.05, 4.69) is 4.72 Å². The largest absolute Gasteiger partial charge is 0.457 e. The fourth-order valence-corrected chi connectivity index (χ4v) is 2.59. The quantitative estimate of drug-likeness (QED) is 0.833. The van der Waals surface area contributed by atoms with Crippen molar-refractivity contribution in [2.75, 3.05) is 24.2 Å². The van der Waals surface area contributed by atoms with Crippen LogP contribution in [0.1, 0.15) is 6.92 Å². The van der Waals surface area contributed by atoms with Gasteiger partial charge in [-0.25, -0.2) is 13.1 Å². The van der Waals surface area contributed by atoms with Gasteiger partial charge >= 0.3 is 0 Å². The Kier molecular flexibility index (Phi) is 5.94. The number of nitrogens with zero attached hydrogens (tertiary/aromatic N) is 1. The van der Waals surface area contributed by atoms with Crippen LogP contribution in [0.15, 0.2) is 54.6 Å². The summed E-state index contributed by atoms with van der Waals surface area (Å²) in [7, 11) is -3.28. The fraction of sp³-hybridized carbons (Fsp3) is 0.235. The molecule has 24 heavy (non-hydrogen) atoms. The Bertz CT molecular complexity index is 774. The van der Waals surface area contributed by atoms with Crippen molar-refractivity contribution in [1.82, 2.24) is 4.72 Å². The highest BCUT2D eigenvalue weighted by molar-refractivity contribution is 7.88. The summed E-state index contributed by atoms with van der Waals surface area (Å²) in [6, 6.07) is 16.4. The van der Waals surface area contributed by atoms with Gasteiger partial charge in [0.25, 0.3) is 0 Å². The topological polar surface area (TPSA) is 75.7 Å². The van der Waals surface area contributed by atoms with Crippen LogP contribution in [0.4, 0.5) is 5.69 Å². The predicted octanol–water partition coefficient (Wildman–Crippen LogP) is 2.38. The van der Waals surface area contributed by atoms with Crippen LogP contribution in [0, 0.1) is 0 Å². The average Bonchev–Trinajstić information content (AvgIpc) is 2.52. The van der Waals surface area contributed by atoms with Gasteiger partial charge < -0.3 is 9.64 Å². The Labute approximate surface area is 142 Å². The average molecular weight is 348 g/mol. The number of anilines is 1. The summed E-state index contributed by atoms with van der Waals surface area (Å²) in [5.41, 5.74) is 0.679. The first-order valence-corrected chi connectivity index (χ1v) is 9.30. The second-order valence-corrected chi connectivity index (χ2v) is 7.08. The Morgan fingerprint density at radius 1 is 1.04 bits per heavy atom. The van der Waals surface area contributed by atoms with Crippen LogP contribution < -0.4 is 14.4 Å². The van der Waals surface area contributed by atoms with E-state index in [-0.39, 0.29) is 19.0 Å². The molecule has 0 atom stereocenters. The van der Waals surface area contributed by atoms with Gasteiger partial charge in [-0.3, -0.25) is 4.79 Å². The molecule has 0 aliphatic heterocycles. The number of amides is 1. The molecule has 0 unspecified atom stereocenters. The molecule has 0 aliphatic carbocycles. The van der Waals surface area contributed by atoms with Gasteiger partial charge in [0.2, 0.25) is 15.9 Å². The highest BCUT2D eigenvalue weighted by Gasteiger charge is 2.12. The van der Waals surface area contributed by atoms with Crippen LogP contribution in [-0.4, -0.2) is 33.7 Å². The maximum Gasteiger partial charge on any atom is 0.223 e. The highest BCUT2D eigenvalue weighted by atomic mass is 32.2. The molecule has 2 aromatic rings. The molecule has 0 radical (unpaired) electrons. The van der Waals surface area contributed by atoms with Crippen molar-refractivity contribution >= 4 is 21.6 Å². The molecule has 6 nitrogen and oxygen atoms in total. The minimum absolute atomic E-state index is 0.153. The van der Waals surface area contributed by atoms with Gasteiger partial charge in [-0.15, -0.1) is 0 Å². The number of ether oxygens (including phenoxy) is 1. The maximum absolute atomic E-state index is 11.8. The lowest BCUT2D eigenvalue weighted by Gasteiger charge is -2.21. The van der Waals surface area contributed by atoms with Crippen molar-refractivity contribution in [3.8, 4) is 11.5 Å². The molecule has 7 heteroatoms. The Morgan fingerprint density at radius 2 is 1.62 bits per heavy atom. The zero-order chi connectivity index (χ0) is 17.6. The van der Waals surface area contributed by atoms with Gasteiger partial charge in [-0.1, -0.05) is 18.2 Å². The standard InChI is InChI=1S/C17H20N2O4S/c1-14(20)19(13-12-18-24(2,21)22)15-8-10-17(11-9-15)23-16-6-4-3-5-7-16/h3-11,18H,12-13H2,1-2H3. The lowest BCUT2D eigenvalue weighted by Crippen LogP contribution is -2.37. The van der Waals surface area contributed by atoms with Gasteiger partial charge in [-0.2, -0.15) is 0 Å².